The van der Waals surface area contributed by atoms with E-state index in [2.05, 4.69) is 81.6 Å². The molecule has 0 spiro atoms. The topological polar surface area (TPSA) is 17.0 Å². The van der Waals surface area contributed by atoms with Crippen LogP contribution in [0.15, 0.2) is 46.4 Å². The van der Waals surface area contributed by atoms with Crippen molar-refractivity contribution in [1.82, 2.24) is 9.88 Å². The zero-order valence-corrected chi connectivity index (χ0v) is 14.7. The van der Waals surface area contributed by atoms with Gasteiger partial charge in [-0.2, -0.15) is 0 Å². The molecule has 2 aromatic heterocycles. The van der Waals surface area contributed by atoms with E-state index in [0.717, 1.165) is 13.1 Å². The summed E-state index contributed by atoms with van der Waals surface area (Å²) < 4.78 is 3.52. The molecule has 0 atom stereocenters. The Morgan fingerprint density at radius 1 is 1.29 bits per heavy atom. The van der Waals surface area contributed by atoms with E-state index in [9.17, 15) is 0 Å². The molecular weight excluding hydrogens is 344 g/mol. The molecule has 0 radical (unpaired) electrons. The van der Waals surface area contributed by atoms with E-state index in [1.807, 2.05) is 0 Å². The van der Waals surface area contributed by atoms with Gasteiger partial charge in [0.2, 0.25) is 0 Å². The van der Waals surface area contributed by atoms with Gasteiger partial charge in [0.1, 0.15) is 0 Å². The molecule has 0 saturated carbocycles. The highest BCUT2D eigenvalue weighted by Crippen LogP contribution is 2.25. The van der Waals surface area contributed by atoms with E-state index >= 15 is 0 Å². The molecule has 0 amide bonds. The Hall–Kier alpha value is -1.10. The normalized spacial score (nSPS) is 11.6. The van der Waals surface area contributed by atoms with Gasteiger partial charge in [-0.05, 0) is 33.6 Å². The Balaban J connectivity index is 1.94. The minimum Gasteiger partial charge on any atom is -0.342 e. The SMILES string of the molecule is CC(C)NCc1cn(Cc2cc(Br)cs2)c2ccccc12. The summed E-state index contributed by atoms with van der Waals surface area (Å²) in [4.78, 5) is 1.37. The van der Waals surface area contributed by atoms with E-state index in [0.29, 0.717) is 6.04 Å². The van der Waals surface area contributed by atoms with Crippen molar-refractivity contribution in [3.63, 3.8) is 0 Å². The third kappa shape index (κ3) is 3.39. The van der Waals surface area contributed by atoms with Crippen LogP contribution in [0, 0.1) is 0 Å². The highest BCUT2D eigenvalue weighted by molar-refractivity contribution is 9.10. The lowest BCUT2D eigenvalue weighted by molar-refractivity contribution is 0.589. The Morgan fingerprint density at radius 2 is 2.10 bits per heavy atom. The molecular formula is C17H19BrN2S. The van der Waals surface area contributed by atoms with Gasteiger partial charge >= 0.3 is 0 Å². The third-order valence-corrected chi connectivity index (χ3v) is 5.20. The first-order valence-corrected chi connectivity index (χ1v) is 8.84. The second kappa shape index (κ2) is 6.34. The summed E-state index contributed by atoms with van der Waals surface area (Å²) in [6.07, 6.45) is 2.29. The molecule has 2 heterocycles. The molecule has 1 N–H and O–H groups in total. The summed E-state index contributed by atoms with van der Waals surface area (Å²) in [5.41, 5.74) is 2.68. The standard InChI is InChI=1S/C17H19BrN2S/c1-12(2)19-8-13-9-20(10-15-7-14(18)11-21-15)17-6-4-3-5-16(13)17/h3-7,9,11-12,19H,8,10H2,1-2H3. The lowest BCUT2D eigenvalue weighted by atomic mass is 10.2. The highest BCUT2D eigenvalue weighted by Gasteiger charge is 2.09. The van der Waals surface area contributed by atoms with Crippen molar-refractivity contribution in [3.8, 4) is 0 Å². The van der Waals surface area contributed by atoms with Crippen LogP contribution in [0.2, 0.25) is 0 Å². The number of rotatable bonds is 5. The van der Waals surface area contributed by atoms with Gasteiger partial charge in [-0.1, -0.05) is 32.0 Å². The van der Waals surface area contributed by atoms with E-state index in [-0.39, 0.29) is 0 Å². The fraction of sp³-hybridized carbons (Fsp3) is 0.294. The van der Waals surface area contributed by atoms with E-state index < -0.39 is 0 Å². The number of para-hydroxylation sites is 1. The van der Waals surface area contributed by atoms with Crippen molar-refractivity contribution < 1.29 is 0 Å². The highest BCUT2D eigenvalue weighted by atomic mass is 79.9. The lowest BCUT2D eigenvalue weighted by Gasteiger charge is -2.06. The van der Waals surface area contributed by atoms with Crippen molar-refractivity contribution in [2.75, 3.05) is 0 Å². The Morgan fingerprint density at radius 3 is 2.81 bits per heavy atom. The number of nitrogens with one attached hydrogen (secondary N) is 1. The lowest BCUT2D eigenvalue weighted by Crippen LogP contribution is -2.21. The number of thiophene rings is 1. The molecule has 0 bridgehead atoms. The molecule has 2 nitrogen and oxygen atoms in total. The van der Waals surface area contributed by atoms with Crippen molar-refractivity contribution >= 4 is 38.2 Å². The summed E-state index contributed by atoms with van der Waals surface area (Å²) in [7, 11) is 0. The number of hydrogen-bond donors (Lipinski definition) is 1. The molecule has 0 aliphatic carbocycles. The van der Waals surface area contributed by atoms with Crippen LogP contribution in [0.4, 0.5) is 0 Å². The molecule has 3 rings (SSSR count). The maximum absolute atomic E-state index is 3.53. The van der Waals surface area contributed by atoms with Gasteiger partial charge in [0.15, 0.2) is 0 Å². The van der Waals surface area contributed by atoms with Gasteiger partial charge < -0.3 is 9.88 Å². The summed E-state index contributed by atoms with van der Waals surface area (Å²) in [6, 6.07) is 11.4. The van der Waals surface area contributed by atoms with Crippen LogP contribution < -0.4 is 5.32 Å². The molecule has 0 fully saturated rings. The summed E-state index contributed by atoms with van der Waals surface area (Å²) in [5, 5.41) is 7.01. The second-order valence-corrected chi connectivity index (χ2v) is 7.48. The van der Waals surface area contributed by atoms with Crippen LogP contribution in [-0.2, 0) is 13.1 Å². The van der Waals surface area contributed by atoms with Crippen molar-refractivity contribution in [1.29, 1.82) is 0 Å². The molecule has 4 heteroatoms. The average molecular weight is 363 g/mol. The molecule has 0 saturated heterocycles. The van der Waals surface area contributed by atoms with Crippen LogP contribution in [0.1, 0.15) is 24.3 Å². The fourth-order valence-electron chi connectivity index (χ4n) is 2.51. The van der Waals surface area contributed by atoms with Crippen molar-refractivity contribution in [3.05, 3.63) is 56.8 Å². The van der Waals surface area contributed by atoms with Crippen LogP contribution >= 0.6 is 27.3 Å². The van der Waals surface area contributed by atoms with Gasteiger partial charge in [0, 0.05) is 44.4 Å². The van der Waals surface area contributed by atoms with E-state index in [1.54, 1.807) is 11.3 Å². The number of nitrogens with zero attached hydrogens (tertiary/aromatic N) is 1. The van der Waals surface area contributed by atoms with Crippen LogP contribution in [0.3, 0.4) is 0 Å². The number of hydrogen-bond acceptors (Lipinski definition) is 2. The van der Waals surface area contributed by atoms with Gasteiger partial charge in [0.05, 0.1) is 6.54 Å². The molecule has 0 aliphatic rings. The molecule has 1 aromatic carbocycles. The van der Waals surface area contributed by atoms with E-state index in [4.69, 9.17) is 0 Å². The number of halogens is 1. The molecule has 0 aliphatic heterocycles. The van der Waals surface area contributed by atoms with Gasteiger partial charge in [0.25, 0.3) is 0 Å². The first-order chi connectivity index (χ1) is 10.1. The quantitative estimate of drug-likeness (QED) is 0.674. The Labute approximate surface area is 137 Å². The summed E-state index contributed by atoms with van der Waals surface area (Å²) in [5.74, 6) is 0. The van der Waals surface area contributed by atoms with Crippen molar-refractivity contribution in [2.24, 2.45) is 0 Å². The van der Waals surface area contributed by atoms with E-state index in [1.165, 1.54) is 25.8 Å². The Bertz CT molecular complexity index is 742. The zero-order valence-electron chi connectivity index (χ0n) is 12.3. The molecule has 110 valence electrons. The maximum atomic E-state index is 3.53. The van der Waals surface area contributed by atoms with Crippen LogP contribution in [0.5, 0.6) is 0 Å². The largest absolute Gasteiger partial charge is 0.342 e. The monoisotopic (exact) mass is 362 g/mol. The fourth-order valence-corrected chi connectivity index (χ4v) is 3.96. The first kappa shape index (κ1) is 14.8. The van der Waals surface area contributed by atoms with Gasteiger partial charge in [-0.3, -0.25) is 0 Å². The first-order valence-electron chi connectivity index (χ1n) is 7.16. The minimum atomic E-state index is 0.500. The number of benzene rings is 1. The Kier molecular flexibility index (Phi) is 4.48. The summed E-state index contributed by atoms with van der Waals surface area (Å²) in [6.45, 7) is 6.21. The molecule has 0 unspecified atom stereocenters. The number of aromatic nitrogens is 1. The van der Waals surface area contributed by atoms with Crippen LogP contribution in [0.25, 0.3) is 10.9 Å². The molecule has 3 aromatic rings. The predicted molar refractivity (Wildman–Crippen MR) is 95.0 cm³/mol. The predicted octanol–water partition coefficient (Wildman–Crippen LogP) is 5.01. The smallest absolute Gasteiger partial charge is 0.0569 e. The summed E-state index contributed by atoms with van der Waals surface area (Å²) >= 11 is 5.33. The van der Waals surface area contributed by atoms with Crippen LogP contribution in [-0.4, -0.2) is 10.6 Å². The van der Waals surface area contributed by atoms with Gasteiger partial charge in [-0.15, -0.1) is 11.3 Å². The van der Waals surface area contributed by atoms with Crippen molar-refractivity contribution in [2.45, 2.75) is 33.0 Å². The zero-order chi connectivity index (χ0) is 14.8. The van der Waals surface area contributed by atoms with Gasteiger partial charge in [-0.25, -0.2) is 0 Å². The second-order valence-electron chi connectivity index (χ2n) is 5.57. The average Bonchev–Trinajstić information content (AvgIpc) is 3.02. The minimum absolute atomic E-state index is 0.500. The maximum Gasteiger partial charge on any atom is 0.0569 e. The molecule has 21 heavy (non-hydrogen) atoms. The third-order valence-electron chi connectivity index (χ3n) is 3.52. The number of fused-ring (bicyclic) bond motifs is 1.